The molecule has 0 aromatic heterocycles. The molecule has 1 nitrogen and oxygen atoms in total. The first-order valence-corrected chi connectivity index (χ1v) is 8.07. The molecule has 0 saturated heterocycles. The Morgan fingerprint density at radius 1 is 1.25 bits per heavy atom. The SMILES string of the molecule is CSc1ccccc1C(C)(/C=C(\C)C=O)CC=C(C)C. The maximum Gasteiger partial charge on any atom is 0.145 e. The number of benzene rings is 1. The molecule has 1 rings (SSSR count). The van der Waals surface area contributed by atoms with E-state index in [1.807, 2.05) is 6.92 Å². The van der Waals surface area contributed by atoms with Crippen molar-refractivity contribution in [2.24, 2.45) is 0 Å². The number of allylic oxidation sites excluding steroid dienone is 4. The maximum atomic E-state index is 11.0. The number of carbonyl (C=O) groups excluding carboxylic acids is 1. The zero-order valence-corrected chi connectivity index (χ0v) is 13.9. The number of carbonyl (C=O) groups is 1. The van der Waals surface area contributed by atoms with Crippen molar-refractivity contribution in [3.63, 3.8) is 0 Å². The summed E-state index contributed by atoms with van der Waals surface area (Å²) in [6, 6.07) is 8.44. The number of thioether (sulfide) groups is 1. The minimum absolute atomic E-state index is 0.151. The van der Waals surface area contributed by atoms with Crippen LogP contribution >= 0.6 is 11.8 Å². The zero-order valence-electron chi connectivity index (χ0n) is 13.1. The second-order valence-corrected chi connectivity index (χ2v) is 6.46. The number of hydrogen-bond donors (Lipinski definition) is 0. The Labute approximate surface area is 127 Å². The van der Waals surface area contributed by atoms with Crippen molar-refractivity contribution in [1.29, 1.82) is 0 Å². The van der Waals surface area contributed by atoms with E-state index < -0.39 is 0 Å². The van der Waals surface area contributed by atoms with Gasteiger partial charge >= 0.3 is 0 Å². The largest absolute Gasteiger partial charge is 0.298 e. The van der Waals surface area contributed by atoms with E-state index in [9.17, 15) is 4.79 Å². The molecule has 1 atom stereocenters. The van der Waals surface area contributed by atoms with Crippen molar-refractivity contribution in [2.75, 3.05) is 6.26 Å². The fourth-order valence-corrected chi connectivity index (χ4v) is 3.05. The summed E-state index contributed by atoms with van der Waals surface area (Å²) in [5.74, 6) is 0. The van der Waals surface area contributed by atoms with Gasteiger partial charge in [0.1, 0.15) is 6.29 Å². The van der Waals surface area contributed by atoms with E-state index in [-0.39, 0.29) is 5.41 Å². The van der Waals surface area contributed by atoms with Crippen molar-refractivity contribution >= 4 is 18.0 Å². The summed E-state index contributed by atoms with van der Waals surface area (Å²) in [5.41, 5.74) is 3.22. The van der Waals surface area contributed by atoms with Crippen molar-refractivity contribution < 1.29 is 4.79 Å². The molecule has 0 aliphatic heterocycles. The standard InChI is InChI=1S/C18H24OS/c1-14(2)10-11-18(4,12-15(3)13-19)16-8-6-7-9-17(16)20-5/h6-10,12-13H,11H2,1-5H3/b15-12+. The van der Waals surface area contributed by atoms with E-state index in [4.69, 9.17) is 0 Å². The van der Waals surface area contributed by atoms with E-state index in [1.54, 1.807) is 11.8 Å². The summed E-state index contributed by atoms with van der Waals surface area (Å²) in [6.07, 6.45) is 8.26. The summed E-state index contributed by atoms with van der Waals surface area (Å²) in [6.45, 7) is 8.29. The highest BCUT2D eigenvalue weighted by Crippen LogP contribution is 2.37. The molecule has 0 radical (unpaired) electrons. The zero-order chi connectivity index (χ0) is 15.2. The highest BCUT2D eigenvalue weighted by atomic mass is 32.2. The summed E-state index contributed by atoms with van der Waals surface area (Å²) in [7, 11) is 0. The van der Waals surface area contributed by atoms with Crippen molar-refractivity contribution in [1.82, 2.24) is 0 Å². The Morgan fingerprint density at radius 2 is 1.90 bits per heavy atom. The van der Waals surface area contributed by atoms with Crippen molar-refractivity contribution in [3.05, 3.63) is 53.1 Å². The minimum Gasteiger partial charge on any atom is -0.298 e. The van der Waals surface area contributed by atoms with Crippen molar-refractivity contribution in [2.45, 2.75) is 44.4 Å². The second-order valence-electron chi connectivity index (χ2n) is 5.61. The van der Waals surface area contributed by atoms with Gasteiger partial charge in [-0.1, -0.05) is 42.8 Å². The molecule has 20 heavy (non-hydrogen) atoms. The van der Waals surface area contributed by atoms with Crippen LogP contribution in [0, 0.1) is 0 Å². The van der Waals surface area contributed by atoms with Gasteiger partial charge in [-0.05, 0) is 50.7 Å². The van der Waals surface area contributed by atoms with Gasteiger partial charge in [0.05, 0.1) is 0 Å². The van der Waals surface area contributed by atoms with E-state index in [0.29, 0.717) is 0 Å². The molecule has 0 spiro atoms. The molecule has 0 aliphatic rings. The Balaban J connectivity index is 3.36. The van der Waals surface area contributed by atoms with Crippen LogP contribution in [0.3, 0.4) is 0 Å². The second kappa shape index (κ2) is 7.49. The lowest BCUT2D eigenvalue weighted by Crippen LogP contribution is -2.20. The summed E-state index contributed by atoms with van der Waals surface area (Å²) < 4.78 is 0. The quantitative estimate of drug-likeness (QED) is 0.311. The highest BCUT2D eigenvalue weighted by Gasteiger charge is 2.25. The Morgan fingerprint density at radius 3 is 2.45 bits per heavy atom. The van der Waals surface area contributed by atoms with Gasteiger partial charge < -0.3 is 0 Å². The molecule has 0 aliphatic carbocycles. The normalized spacial score (nSPS) is 14.6. The molecule has 1 aromatic rings. The lowest BCUT2D eigenvalue weighted by Gasteiger charge is -2.28. The number of rotatable bonds is 6. The molecule has 1 unspecified atom stereocenters. The van der Waals surface area contributed by atoms with Gasteiger partial charge in [-0.2, -0.15) is 0 Å². The van der Waals surface area contributed by atoms with Gasteiger partial charge in [0.15, 0.2) is 0 Å². The summed E-state index contributed by atoms with van der Waals surface area (Å²) in [5, 5.41) is 0. The molecular formula is C18H24OS. The first kappa shape index (κ1) is 16.8. The van der Waals surface area contributed by atoms with E-state index in [0.717, 1.165) is 18.3 Å². The molecule has 108 valence electrons. The third-order valence-corrected chi connectivity index (χ3v) is 4.18. The molecule has 1 aromatic carbocycles. The highest BCUT2D eigenvalue weighted by molar-refractivity contribution is 7.98. The molecule has 0 bridgehead atoms. The molecule has 0 saturated carbocycles. The molecule has 2 heteroatoms. The van der Waals surface area contributed by atoms with Crippen LogP contribution in [-0.2, 0) is 10.2 Å². The van der Waals surface area contributed by atoms with Crippen LogP contribution < -0.4 is 0 Å². The van der Waals surface area contributed by atoms with Gasteiger partial charge in [-0.3, -0.25) is 4.79 Å². The predicted molar refractivity (Wildman–Crippen MR) is 89.4 cm³/mol. The summed E-state index contributed by atoms with van der Waals surface area (Å²) in [4.78, 5) is 12.3. The Kier molecular flexibility index (Phi) is 6.28. The van der Waals surface area contributed by atoms with Crippen LogP contribution in [0.4, 0.5) is 0 Å². The number of aldehydes is 1. The fourth-order valence-electron chi connectivity index (χ4n) is 2.32. The molecule has 0 fully saturated rings. The molecular weight excluding hydrogens is 264 g/mol. The smallest absolute Gasteiger partial charge is 0.145 e. The van der Waals surface area contributed by atoms with Crippen LogP contribution in [0.15, 0.2) is 52.5 Å². The van der Waals surface area contributed by atoms with Gasteiger partial charge in [0, 0.05) is 10.3 Å². The maximum absolute atomic E-state index is 11.0. The fraction of sp³-hybridized carbons (Fsp3) is 0.389. The van der Waals surface area contributed by atoms with Gasteiger partial charge in [0.2, 0.25) is 0 Å². The molecule has 0 N–H and O–H groups in total. The van der Waals surface area contributed by atoms with Crippen LogP contribution in [0.2, 0.25) is 0 Å². The monoisotopic (exact) mass is 288 g/mol. The lowest BCUT2D eigenvalue weighted by molar-refractivity contribution is -0.104. The minimum atomic E-state index is -0.151. The Hall–Kier alpha value is -1.28. The first-order chi connectivity index (χ1) is 9.42. The van der Waals surface area contributed by atoms with E-state index in [1.165, 1.54) is 16.0 Å². The third kappa shape index (κ3) is 4.38. The third-order valence-electron chi connectivity index (χ3n) is 3.39. The predicted octanol–water partition coefficient (Wildman–Crippen LogP) is 5.17. The molecule has 0 amide bonds. The summed E-state index contributed by atoms with van der Waals surface area (Å²) >= 11 is 1.75. The van der Waals surface area contributed by atoms with Gasteiger partial charge in [-0.15, -0.1) is 11.8 Å². The van der Waals surface area contributed by atoms with Crippen LogP contribution in [0.5, 0.6) is 0 Å². The van der Waals surface area contributed by atoms with Crippen LogP contribution in [-0.4, -0.2) is 12.5 Å². The average molecular weight is 288 g/mol. The van der Waals surface area contributed by atoms with Crippen molar-refractivity contribution in [3.8, 4) is 0 Å². The van der Waals surface area contributed by atoms with Crippen LogP contribution in [0.1, 0.15) is 39.7 Å². The average Bonchev–Trinajstić information content (AvgIpc) is 2.45. The van der Waals surface area contributed by atoms with Gasteiger partial charge in [0.25, 0.3) is 0 Å². The lowest BCUT2D eigenvalue weighted by atomic mass is 9.77. The topological polar surface area (TPSA) is 17.1 Å². The first-order valence-electron chi connectivity index (χ1n) is 6.84. The van der Waals surface area contributed by atoms with E-state index >= 15 is 0 Å². The van der Waals surface area contributed by atoms with Crippen LogP contribution in [0.25, 0.3) is 0 Å². The Bertz CT molecular complexity index is 524. The van der Waals surface area contributed by atoms with Gasteiger partial charge in [-0.25, -0.2) is 0 Å². The number of hydrogen-bond acceptors (Lipinski definition) is 2. The molecule has 0 heterocycles. The van der Waals surface area contributed by atoms with E-state index in [2.05, 4.69) is 63.4 Å².